The Morgan fingerprint density at radius 1 is 1.33 bits per heavy atom. The van der Waals surface area contributed by atoms with Gasteiger partial charge in [0.25, 0.3) is 0 Å². The van der Waals surface area contributed by atoms with Crippen molar-refractivity contribution in [2.75, 3.05) is 6.61 Å². The van der Waals surface area contributed by atoms with Crippen molar-refractivity contribution in [2.24, 2.45) is 0 Å². The normalized spacial score (nSPS) is 12.8. The predicted octanol–water partition coefficient (Wildman–Crippen LogP) is 3.20. The number of rotatable bonds is 6. The van der Waals surface area contributed by atoms with Crippen molar-refractivity contribution >= 4 is 10.9 Å². The van der Waals surface area contributed by atoms with E-state index in [1.165, 1.54) is 10.9 Å². The molecule has 0 spiro atoms. The molecule has 1 heterocycles. The van der Waals surface area contributed by atoms with Crippen LogP contribution in [0.4, 0.5) is 0 Å². The molecular formula is C15H21NO2. The van der Waals surface area contributed by atoms with Crippen molar-refractivity contribution in [1.82, 2.24) is 4.57 Å². The number of ether oxygens (including phenoxy) is 1. The molecule has 0 bridgehead atoms. The minimum Gasteiger partial charge on any atom is -0.494 e. The summed E-state index contributed by atoms with van der Waals surface area (Å²) >= 11 is 0. The molecular weight excluding hydrogens is 226 g/mol. The Labute approximate surface area is 108 Å². The summed E-state index contributed by atoms with van der Waals surface area (Å²) in [6.45, 7) is 5.53. The Morgan fingerprint density at radius 3 is 2.89 bits per heavy atom. The highest BCUT2D eigenvalue weighted by Gasteiger charge is 2.04. The summed E-state index contributed by atoms with van der Waals surface area (Å²) in [4.78, 5) is 0. The first-order valence-electron chi connectivity index (χ1n) is 6.60. The van der Waals surface area contributed by atoms with Crippen LogP contribution >= 0.6 is 0 Å². The second-order valence-electron chi connectivity index (χ2n) is 4.72. The zero-order valence-electron chi connectivity index (χ0n) is 11.1. The lowest BCUT2D eigenvalue weighted by molar-refractivity contribution is 0.178. The summed E-state index contributed by atoms with van der Waals surface area (Å²) in [5.41, 5.74) is 1.19. The Kier molecular flexibility index (Phi) is 4.26. The molecule has 0 aliphatic rings. The molecule has 2 aromatic rings. The van der Waals surface area contributed by atoms with Crippen LogP contribution in [0.25, 0.3) is 10.9 Å². The van der Waals surface area contributed by atoms with Gasteiger partial charge in [-0.1, -0.05) is 6.92 Å². The first kappa shape index (κ1) is 13.0. The number of aromatic nitrogens is 1. The van der Waals surface area contributed by atoms with Crippen molar-refractivity contribution in [3.05, 3.63) is 30.5 Å². The molecule has 1 aromatic carbocycles. The Hall–Kier alpha value is -1.48. The molecule has 1 N–H and O–H groups in total. The van der Waals surface area contributed by atoms with Crippen LogP contribution < -0.4 is 4.74 Å². The molecule has 0 saturated carbocycles. The summed E-state index contributed by atoms with van der Waals surface area (Å²) in [7, 11) is 0. The van der Waals surface area contributed by atoms with Crippen molar-refractivity contribution < 1.29 is 9.84 Å². The Balaban J connectivity index is 2.15. The summed E-state index contributed by atoms with van der Waals surface area (Å²) in [6, 6.07) is 8.26. The van der Waals surface area contributed by atoms with Gasteiger partial charge in [0, 0.05) is 23.6 Å². The number of aliphatic hydroxyl groups excluding tert-OH is 1. The van der Waals surface area contributed by atoms with Crippen LogP contribution in [0.5, 0.6) is 5.75 Å². The molecule has 98 valence electrons. The topological polar surface area (TPSA) is 34.4 Å². The fraction of sp³-hybridized carbons (Fsp3) is 0.467. The van der Waals surface area contributed by atoms with Crippen LogP contribution in [-0.2, 0) is 6.54 Å². The van der Waals surface area contributed by atoms with Crippen LogP contribution in [-0.4, -0.2) is 22.4 Å². The molecule has 3 nitrogen and oxygen atoms in total. The van der Waals surface area contributed by atoms with E-state index in [1.54, 1.807) is 0 Å². The van der Waals surface area contributed by atoms with Crippen molar-refractivity contribution in [3.8, 4) is 5.75 Å². The highest BCUT2D eigenvalue weighted by Crippen LogP contribution is 2.22. The zero-order valence-corrected chi connectivity index (χ0v) is 11.1. The maximum absolute atomic E-state index is 9.33. The summed E-state index contributed by atoms with van der Waals surface area (Å²) < 4.78 is 7.79. The molecule has 0 aliphatic heterocycles. The average molecular weight is 247 g/mol. The van der Waals surface area contributed by atoms with Gasteiger partial charge in [0.05, 0.1) is 12.7 Å². The second-order valence-corrected chi connectivity index (χ2v) is 4.72. The van der Waals surface area contributed by atoms with Gasteiger partial charge in [-0.2, -0.15) is 0 Å². The standard InChI is InChI=1S/C15H21NO2/c1-3-10-18-14-4-5-15-13(11-14)7-9-16(15)8-6-12(2)17/h4-5,7,9,11-12,17H,3,6,8,10H2,1-2H3. The number of hydrogen-bond acceptors (Lipinski definition) is 2. The molecule has 1 unspecified atom stereocenters. The molecule has 0 radical (unpaired) electrons. The highest BCUT2D eigenvalue weighted by atomic mass is 16.5. The molecule has 2 rings (SSSR count). The maximum atomic E-state index is 9.33. The lowest BCUT2D eigenvalue weighted by Gasteiger charge is -2.08. The second kappa shape index (κ2) is 5.91. The van der Waals surface area contributed by atoms with Crippen molar-refractivity contribution in [3.63, 3.8) is 0 Å². The van der Waals surface area contributed by atoms with E-state index < -0.39 is 0 Å². The quantitative estimate of drug-likeness (QED) is 0.850. The molecule has 0 fully saturated rings. The third kappa shape index (κ3) is 3.05. The van der Waals surface area contributed by atoms with E-state index in [9.17, 15) is 5.11 Å². The van der Waals surface area contributed by atoms with Crippen molar-refractivity contribution in [2.45, 2.75) is 39.3 Å². The average Bonchev–Trinajstić information content (AvgIpc) is 2.76. The van der Waals surface area contributed by atoms with E-state index in [0.29, 0.717) is 0 Å². The van der Waals surface area contributed by atoms with E-state index in [4.69, 9.17) is 4.74 Å². The van der Waals surface area contributed by atoms with Crippen LogP contribution in [0.3, 0.4) is 0 Å². The van der Waals surface area contributed by atoms with Crippen LogP contribution in [0.15, 0.2) is 30.5 Å². The van der Waals surface area contributed by atoms with Gasteiger partial charge in [-0.05, 0) is 44.0 Å². The molecule has 0 amide bonds. The van der Waals surface area contributed by atoms with Gasteiger partial charge in [0.2, 0.25) is 0 Å². The van der Waals surface area contributed by atoms with Gasteiger partial charge in [0.15, 0.2) is 0 Å². The fourth-order valence-corrected chi connectivity index (χ4v) is 2.01. The smallest absolute Gasteiger partial charge is 0.120 e. The highest BCUT2D eigenvalue weighted by molar-refractivity contribution is 5.81. The van der Waals surface area contributed by atoms with Gasteiger partial charge in [-0.3, -0.25) is 0 Å². The molecule has 1 atom stereocenters. The van der Waals surface area contributed by atoms with Gasteiger partial charge in [0.1, 0.15) is 5.75 Å². The van der Waals surface area contributed by atoms with E-state index in [1.807, 2.05) is 13.0 Å². The molecule has 0 aliphatic carbocycles. The number of hydrogen-bond donors (Lipinski definition) is 1. The minimum absolute atomic E-state index is 0.255. The van der Waals surface area contributed by atoms with E-state index in [2.05, 4.69) is 35.9 Å². The van der Waals surface area contributed by atoms with E-state index in [-0.39, 0.29) is 6.10 Å². The SMILES string of the molecule is CCCOc1ccc2c(ccn2CCC(C)O)c1. The van der Waals surface area contributed by atoms with Gasteiger partial charge in [-0.25, -0.2) is 0 Å². The number of benzene rings is 1. The Bertz CT molecular complexity index is 502. The molecule has 3 heteroatoms. The van der Waals surface area contributed by atoms with E-state index in [0.717, 1.165) is 31.7 Å². The zero-order chi connectivity index (χ0) is 13.0. The summed E-state index contributed by atoms with van der Waals surface area (Å²) in [5, 5.41) is 10.5. The molecule has 0 saturated heterocycles. The first-order chi connectivity index (χ1) is 8.70. The Morgan fingerprint density at radius 2 is 2.17 bits per heavy atom. The van der Waals surface area contributed by atoms with Crippen molar-refractivity contribution in [1.29, 1.82) is 0 Å². The maximum Gasteiger partial charge on any atom is 0.120 e. The summed E-state index contributed by atoms with van der Waals surface area (Å²) in [5.74, 6) is 0.928. The summed E-state index contributed by atoms with van der Waals surface area (Å²) in [6.07, 6.45) is 3.61. The van der Waals surface area contributed by atoms with Crippen LogP contribution in [0, 0.1) is 0 Å². The van der Waals surface area contributed by atoms with Crippen LogP contribution in [0.2, 0.25) is 0 Å². The lowest BCUT2D eigenvalue weighted by Crippen LogP contribution is -2.05. The van der Waals surface area contributed by atoms with Gasteiger partial charge >= 0.3 is 0 Å². The number of nitrogens with zero attached hydrogens (tertiary/aromatic N) is 1. The van der Waals surface area contributed by atoms with Gasteiger partial charge < -0.3 is 14.4 Å². The van der Waals surface area contributed by atoms with Crippen LogP contribution in [0.1, 0.15) is 26.7 Å². The molecule has 18 heavy (non-hydrogen) atoms. The largest absolute Gasteiger partial charge is 0.494 e. The van der Waals surface area contributed by atoms with Gasteiger partial charge in [-0.15, -0.1) is 0 Å². The third-order valence-corrected chi connectivity index (χ3v) is 3.00. The predicted molar refractivity (Wildman–Crippen MR) is 74.0 cm³/mol. The fourth-order valence-electron chi connectivity index (χ4n) is 2.01. The minimum atomic E-state index is -0.255. The number of fused-ring (bicyclic) bond motifs is 1. The first-order valence-corrected chi connectivity index (χ1v) is 6.60. The van der Waals surface area contributed by atoms with E-state index >= 15 is 0 Å². The number of aryl methyl sites for hydroxylation is 1. The molecule has 1 aromatic heterocycles. The monoisotopic (exact) mass is 247 g/mol. The number of aliphatic hydroxyl groups is 1. The third-order valence-electron chi connectivity index (χ3n) is 3.00. The lowest BCUT2D eigenvalue weighted by atomic mass is 10.2.